The monoisotopic (exact) mass is 394 g/mol. The lowest BCUT2D eigenvalue weighted by atomic mass is 9.77. The summed E-state index contributed by atoms with van der Waals surface area (Å²) >= 11 is 0. The Morgan fingerprint density at radius 3 is 2.45 bits per heavy atom. The van der Waals surface area contributed by atoms with Crippen molar-refractivity contribution in [1.29, 1.82) is 0 Å². The number of hydrogen-bond acceptors (Lipinski definition) is 7. The van der Waals surface area contributed by atoms with Crippen molar-refractivity contribution in [3.8, 4) is 23.0 Å². The van der Waals surface area contributed by atoms with E-state index in [1.807, 2.05) is 6.07 Å². The van der Waals surface area contributed by atoms with Gasteiger partial charge >= 0.3 is 0 Å². The Bertz CT molecular complexity index is 1030. The molecule has 29 heavy (non-hydrogen) atoms. The van der Waals surface area contributed by atoms with Gasteiger partial charge in [0.25, 0.3) is 11.8 Å². The fourth-order valence-corrected chi connectivity index (χ4v) is 3.26. The first-order valence-corrected chi connectivity index (χ1v) is 9.30. The third-order valence-corrected chi connectivity index (χ3v) is 5.16. The summed E-state index contributed by atoms with van der Waals surface area (Å²) in [5.41, 5.74) is 7.27. The number of ether oxygens (including phenoxy) is 2. The highest BCUT2D eigenvalue weighted by Crippen LogP contribution is 2.41. The molecule has 2 aromatic carbocycles. The fraction of sp³-hybridized carbons (Fsp3) is 0.286. The molecule has 0 saturated heterocycles. The maximum absolute atomic E-state index is 12.7. The van der Waals surface area contributed by atoms with Crippen LogP contribution in [-0.2, 0) is 5.54 Å². The van der Waals surface area contributed by atoms with Crippen molar-refractivity contribution in [3.05, 3.63) is 53.9 Å². The van der Waals surface area contributed by atoms with Crippen molar-refractivity contribution in [2.24, 2.45) is 5.73 Å². The van der Waals surface area contributed by atoms with Gasteiger partial charge in [-0.3, -0.25) is 4.79 Å². The molecule has 1 aromatic heterocycles. The van der Waals surface area contributed by atoms with Crippen LogP contribution in [0.1, 0.15) is 35.4 Å². The minimum Gasteiger partial charge on any atom is -0.493 e. The molecule has 1 fully saturated rings. The third kappa shape index (κ3) is 3.54. The molecule has 0 atom stereocenters. The summed E-state index contributed by atoms with van der Waals surface area (Å²) in [5.74, 6) is 1.39. The van der Waals surface area contributed by atoms with Crippen LogP contribution < -0.4 is 20.5 Å². The summed E-state index contributed by atoms with van der Waals surface area (Å²) in [5, 5.41) is 6.96. The van der Waals surface area contributed by atoms with Gasteiger partial charge in [-0.15, -0.1) is 0 Å². The molecule has 0 unspecified atom stereocenters. The van der Waals surface area contributed by atoms with Crippen LogP contribution in [0, 0.1) is 0 Å². The third-order valence-electron chi connectivity index (χ3n) is 5.16. The van der Waals surface area contributed by atoms with E-state index >= 15 is 0 Å². The average Bonchev–Trinajstić information content (AvgIpc) is 3.22. The summed E-state index contributed by atoms with van der Waals surface area (Å²) in [4.78, 5) is 17.2. The van der Waals surface area contributed by atoms with E-state index in [1.165, 1.54) is 14.2 Å². The Morgan fingerprint density at radius 2 is 1.83 bits per heavy atom. The van der Waals surface area contributed by atoms with Gasteiger partial charge in [-0.05, 0) is 37.5 Å². The summed E-state index contributed by atoms with van der Waals surface area (Å²) in [6, 6.07) is 12.3. The Kier molecular flexibility index (Phi) is 4.94. The van der Waals surface area contributed by atoms with Gasteiger partial charge in [0.2, 0.25) is 0 Å². The van der Waals surface area contributed by atoms with Crippen molar-refractivity contribution in [3.63, 3.8) is 0 Å². The number of benzene rings is 2. The highest BCUT2D eigenvalue weighted by atomic mass is 16.5. The van der Waals surface area contributed by atoms with Crippen LogP contribution in [0.3, 0.4) is 0 Å². The number of amides is 1. The number of aromatic nitrogens is 2. The summed E-state index contributed by atoms with van der Waals surface area (Å²) in [6.45, 7) is 0. The lowest BCUT2D eigenvalue weighted by molar-refractivity contribution is 0.102. The summed E-state index contributed by atoms with van der Waals surface area (Å²) in [6.07, 6.45) is 2.67. The van der Waals surface area contributed by atoms with Crippen molar-refractivity contribution in [1.82, 2.24) is 10.1 Å². The maximum Gasteiger partial charge on any atom is 0.260 e. The SMILES string of the molecule is COc1cc(NC(=O)c2ccccc2)c(-c2nc(C3(N)CCC3)no2)cc1OC. The van der Waals surface area contributed by atoms with E-state index in [2.05, 4.69) is 15.5 Å². The summed E-state index contributed by atoms with van der Waals surface area (Å²) in [7, 11) is 3.06. The first-order valence-electron chi connectivity index (χ1n) is 9.30. The molecule has 0 aliphatic heterocycles. The van der Waals surface area contributed by atoms with E-state index in [4.69, 9.17) is 19.7 Å². The Hall–Kier alpha value is -3.39. The molecule has 1 saturated carbocycles. The van der Waals surface area contributed by atoms with E-state index in [1.54, 1.807) is 36.4 Å². The Balaban J connectivity index is 1.74. The van der Waals surface area contributed by atoms with Gasteiger partial charge in [0.05, 0.1) is 31.0 Å². The highest BCUT2D eigenvalue weighted by Gasteiger charge is 2.39. The molecule has 1 aliphatic carbocycles. The predicted octanol–water partition coefficient (Wildman–Crippen LogP) is 3.34. The van der Waals surface area contributed by atoms with Crippen LogP contribution in [0.2, 0.25) is 0 Å². The molecule has 0 bridgehead atoms. The van der Waals surface area contributed by atoms with Gasteiger partial charge in [-0.25, -0.2) is 0 Å². The molecule has 3 N–H and O–H groups in total. The molecule has 1 aliphatic rings. The van der Waals surface area contributed by atoms with E-state index in [9.17, 15) is 4.79 Å². The smallest absolute Gasteiger partial charge is 0.260 e. The number of nitrogens with one attached hydrogen (secondary N) is 1. The van der Waals surface area contributed by atoms with E-state index in [0.717, 1.165) is 19.3 Å². The zero-order chi connectivity index (χ0) is 20.4. The second kappa shape index (κ2) is 7.56. The normalized spacial score (nSPS) is 14.7. The van der Waals surface area contributed by atoms with E-state index in [-0.39, 0.29) is 11.8 Å². The van der Waals surface area contributed by atoms with Crippen molar-refractivity contribution in [2.75, 3.05) is 19.5 Å². The standard InChI is InChI=1S/C21H22N4O4/c1-27-16-11-14(19-24-20(25-29-19)21(22)9-6-10-21)15(12-17(16)28-2)23-18(26)13-7-4-3-5-8-13/h3-5,7-8,11-12H,6,9-10,22H2,1-2H3,(H,23,26). The number of nitrogens with zero attached hydrogens (tertiary/aromatic N) is 2. The molecule has 1 amide bonds. The van der Waals surface area contributed by atoms with E-state index < -0.39 is 5.54 Å². The van der Waals surface area contributed by atoms with Crippen LogP contribution >= 0.6 is 0 Å². The number of rotatable bonds is 6. The maximum atomic E-state index is 12.7. The first-order chi connectivity index (χ1) is 14.0. The molecule has 150 valence electrons. The van der Waals surface area contributed by atoms with E-state index in [0.29, 0.717) is 34.1 Å². The van der Waals surface area contributed by atoms with Gasteiger partial charge in [0.1, 0.15) is 0 Å². The van der Waals surface area contributed by atoms with Crippen LogP contribution in [0.25, 0.3) is 11.5 Å². The molecule has 8 nitrogen and oxygen atoms in total. The largest absolute Gasteiger partial charge is 0.493 e. The molecule has 0 spiro atoms. The number of anilines is 1. The van der Waals surface area contributed by atoms with Gasteiger partial charge < -0.3 is 25.0 Å². The predicted molar refractivity (Wildman–Crippen MR) is 107 cm³/mol. The quantitative estimate of drug-likeness (QED) is 0.659. The number of nitrogens with two attached hydrogens (primary N) is 1. The molecule has 0 radical (unpaired) electrons. The Labute approximate surface area is 168 Å². The second-order valence-electron chi connectivity index (χ2n) is 7.01. The summed E-state index contributed by atoms with van der Waals surface area (Å²) < 4.78 is 16.3. The Morgan fingerprint density at radius 1 is 1.14 bits per heavy atom. The van der Waals surface area contributed by atoms with Gasteiger partial charge in [0.15, 0.2) is 17.3 Å². The fourth-order valence-electron chi connectivity index (χ4n) is 3.26. The minimum atomic E-state index is -0.550. The average molecular weight is 394 g/mol. The number of hydrogen-bond donors (Lipinski definition) is 2. The van der Waals surface area contributed by atoms with Crippen LogP contribution in [-0.4, -0.2) is 30.3 Å². The highest BCUT2D eigenvalue weighted by molar-refractivity contribution is 6.06. The molecular weight excluding hydrogens is 372 g/mol. The van der Waals surface area contributed by atoms with Crippen LogP contribution in [0.15, 0.2) is 47.0 Å². The molecular formula is C21H22N4O4. The number of carbonyl (C=O) groups excluding carboxylic acids is 1. The van der Waals surface area contributed by atoms with Gasteiger partial charge in [-0.1, -0.05) is 23.4 Å². The molecule has 8 heteroatoms. The van der Waals surface area contributed by atoms with Crippen LogP contribution in [0.4, 0.5) is 5.69 Å². The van der Waals surface area contributed by atoms with Crippen molar-refractivity contribution in [2.45, 2.75) is 24.8 Å². The first kappa shape index (κ1) is 18.9. The van der Waals surface area contributed by atoms with Gasteiger partial charge in [0, 0.05) is 11.6 Å². The van der Waals surface area contributed by atoms with Crippen LogP contribution in [0.5, 0.6) is 11.5 Å². The molecule has 1 heterocycles. The lowest BCUT2D eigenvalue weighted by Crippen LogP contribution is -2.44. The van der Waals surface area contributed by atoms with Gasteiger partial charge in [-0.2, -0.15) is 4.98 Å². The number of methoxy groups -OCH3 is 2. The zero-order valence-corrected chi connectivity index (χ0v) is 16.3. The molecule has 4 rings (SSSR count). The topological polar surface area (TPSA) is 112 Å². The lowest BCUT2D eigenvalue weighted by Gasteiger charge is -2.34. The number of carbonyl (C=O) groups is 1. The van der Waals surface area contributed by atoms with Crippen molar-refractivity contribution < 1.29 is 18.8 Å². The van der Waals surface area contributed by atoms with Crippen molar-refractivity contribution >= 4 is 11.6 Å². The molecule has 3 aromatic rings. The zero-order valence-electron chi connectivity index (χ0n) is 16.3. The minimum absolute atomic E-state index is 0.251. The second-order valence-corrected chi connectivity index (χ2v) is 7.01.